The van der Waals surface area contributed by atoms with Crippen molar-refractivity contribution in [1.82, 2.24) is 9.88 Å². The lowest BCUT2D eigenvalue weighted by Crippen LogP contribution is -2.40. The SMILES string of the molecule is O=C(O)c1ccc2nc(N3CC[C@H](N4CCCCC4)C3)sc2c1. The van der Waals surface area contributed by atoms with Crippen LogP contribution >= 0.6 is 11.3 Å². The molecule has 23 heavy (non-hydrogen) atoms. The van der Waals surface area contributed by atoms with Crippen LogP contribution in [0.5, 0.6) is 0 Å². The van der Waals surface area contributed by atoms with E-state index in [-0.39, 0.29) is 0 Å². The molecule has 1 N–H and O–H groups in total. The summed E-state index contributed by atoms with van der Waals surface area (Å²) in [7, 11) is 0. The van der Waals surface area contributed by atoms with Gasteiger partial charge >= 0.3 is 5.97 Å². The van der Waals surface area contributed by atoms with E-state index in [0.717, 1.165) is 28.4 Å². The standard InChI is InChI=1S/C17H21N3O2S/c21-16(22)12-4-5-14-15(10-12)23-17(18-14)20-9-6-13(11-20)19-7-2-1-3-8-19/h4-5,10,13H,1-3,6-9,11H2,(H,21,22)/t13-/m0/s1. The second-order valence-electron chi connectivity index (χ2n) is 6.47. The first-order valence-corrected chi connectivity index (χ1v) is 9.15. The van der Waals surface area contributed by atoms with E-state index >= 15 is 0 Å². The van der Waals surface area contributed by atoms with E-state index in [1.165, 1.54) is 38.8 Å². The van der Waals surface area contributed by atoms with Crippen molar-refractivity contribution in [3.05, 3.63) is 23.8 Å². The second kappa shape index (κ2) is 6.09. The Morgan fingerprint density at radius 2 is 2.04 bits per heavy atom. The molecule has 0 spiro atoms. The van der Waals surface area contributed by atoms with Crippen LogP contribution in [0.15, 0.2) is 18.2 Å². The maximum atomic E-state index is 11.1. The summed E-state index contributed by atoms with van der Waals surface area (Å²) >= 11 is 1.61. The fraction of sp³-hybridized carbons (Fsp3) is 0.529. The lowest BCUT2D eigenvalue weighted by molar-refractivity contribution is 0.0697. The summed E-state index contributed by atoms with van der Waals surface area (Å²) in [6, 6.07) is 5.83. The average molecular weight is 331 g/mol. The Morgan fingerprint density at radius 1 is 1.22 bits per heavy atom. The van der Waals surface area contributed by atoms with Gasteiger partial charge in [0.2, 0.25) is 0 Å². The van der Waals surface area contributed by atoms with E-state index in [2.05, 4.69) is 9.80 Å². The molecule has 0 saturated carbocycles. The fourth-order valence-electron chi connectivity index (χ4n) is 3.68. The van der Waals surface area contributed by atoms with Gasteiger partial charge in [-0.2, -0.15) is 0 Å². The number of hydrogen-bond donors (Lipinski definition) is 1. The molecule has 0 aliphatic carbocycles. The Kier molecular flexibility index (Phi) is 3.95. The first kappa shape index (κ1) is 14.9. The minimum Gasteiger partial charge on any atom is -0.478 e. The predicted molar refractivity (Wildman–Crippen MR) is 92.6 cm³/mol. The highest BCUT2D eigenvalue weighted by Crippen LogP contribution is 2.32. The summed E-state index contributed by atoms with van der Waals surface area (Å²) in [5, 5.41) is 10.1. The third-order valence-corrected chi connectivity index (χ3v) is 6.04. The molecule has 122 valence electrons. The smallest absolute Gasteiger partial charge is 0.335 e. The van der Waals surface area contributed by atoms with Crippen molar-refractivity contribution < 1.29 is 9.90 Å². The molecule has 4 rings (SSSR count). The third-order valence-electron chi connectivity index (χ3n) is 4.97. The van der Waals surface area contributed by atoms with Gasteiger partial charge in [0.05, 0.1) is 15.8 Å². The molecule has 5 nitrogen and oxygen atoms in total. The van der Waals surface area contributed by atoms with E-state index in [1.807, 2.05) is 6.07 Å². The summed E-state index contributed by atoms with van der Waals surface area (Å²) in [5.74, 6) is -0.881. The summed E-state index contributed by atoms with van der Waals surface area (Å²) < 4.78 is 0.960. The van der Waals surface area contributed by atoms with Crippen LogP contribution in [-0.4, -0.2) is 53.2 Å². The molecular formula is C17H21N3O2S. The van der Waals surface area contributed by atoms with Gasteiger partial charge < -0.3 is 10.0 Å². The number of aromatic carboxylic acids is 1. The fourth-order valence-corrected chi connectivity index (χ4v) is 4.72. The Hall–Kier alpha value is -1.66. The number of nitrogens with zero attached hydrogens (tertiary/aromatic N) is 3. The molecule has 2 saturated heterocycles. The number of benzene rings is 1. The van der Waals surface area contributed by atoms with Gasteiger partial charge in [-0.1, -0.05) is 17.8 Å². The van der Waals surface area contributed by atoms with Crippen LogP contribution in [0.3, 0.4) is 0 Å². The number of likely N-dealkylation sites (tertiary alicyclic amines) is 1. The van der Waals surface area contributed by atoms with Gasteiger partial charge in [-0.3, -0.25) is 4.90 Å². The van der Waals surface area contributed by atoms with Gasteiger partial charge in [-0.15, -0.1) is 0 Å². The van der Waals surface area contributed by atoms with Crippen molar-refractivity contribution in [3.63, 3.8) is 0 Å². The van der Waals surface area contributed by atoms with Crippen LogP contribution in [0, 0.1) is 0 Å². The highest BCUT2D eigenvalue weighted by atomic mass is 32.1. The Balaban J connectivity index is 1.52. The first-order valence-electron chi connectivity index (χ1n) is 8.33. The average Bonchev–Trinajstić information content (AvgIpc) is 3.21. The van der Waals surface area contributed by atoms with E-state index in [4.69, 9.17) is 10.1 Å². The summed E-state index contributed by atoms with van der Waals surface area (Å²) in [6.07, 6.45) is 5.23. The van der Waals surface area contributed by atoms with Crippen molar-refractivity contribution >= 4 is 32.7 Å². The molecule has 2 aliphatic heterocycles. The number of rotatable bonds is 3. The van der Waals surface area contributed by atoms with Crippen molar-refractivity contribution in [3.8, 4) is 0 Å². The maximum absolute atomic E-state index is 11.1. The first-order chi connectivity index (χ1) is 11.2. The topological polar surface area (TPSA) is 56.7 Å². The summed E-state index contributed by atoms with van der Waals surface area (Å²) in [5.41, 5.74) is 1.23. The molecule has 0 bridgehead atoms. The van der Waals surface area contributed by atoms with Crippen LogP contribution in [0.4, 0.5) is 5.13 Å². The molecule has 2 aliphatic rings. The number of fused-ring (bicyclic) bond motifs is 1. The van der Waals surface area contributed by atoms with E-state index in [9.17, 15) is 4.79 Å². The van der Waals surface area contributed by atoms with Crippen molar-refractivity contribution in [2.75, 3.05) is 31.1 Å². The zero-order chi connectivity index (χ0) is 15.8. The normalized spacial score (nSPS) is 22.8. The molecule has 2 fully saturated rings. The zero-order valence-electron chi connectivity index (χ0n) is 13.1. The number of hydrogen-bond acceptors (Lipinski definition) is 5. The lowest BCUT2D eigenvalue weighted by Gasteiger charge is -2.32. The van der Waals surface area contributed by atoms with Gasteiger partial charge in [0, 0.05) is 19.1 Å². The van der Waals surface area contributed by atoms with Gasteiger partial charge in [0.1, 0.15) is 0 Å². The molecule has 1 aromatic heterocycles. The van der Waals surface area contributed by atoms with E-state index in [0.29, 0.717) is 11.6 Å². The summed E-state index contributed by atoms with van der Waals surface area (Å²) in [6.45, 7) is 4.57. The number of carboxylic acids is 1. The molecular weight excluding hydrogens is 310 g/mol. The number of anilines is 1. The van der Waals surface area contributed by atoms with Crippen molar-refractivity contribution in [1.29, 1.82) is 0 Å². The number of piperidine rings is 1. The monoisotopic (exact) mass is 331 g/mol. The van der Waals surface area contributed by atoms with Gasteiger partial charge in [0.15, 0.2) is 5.13 Å². The van der Waals surface area contributed by atoms with Crippen molar-refractivity contribution in [2.24, 2.45) is 0 Å². The van der Waals surface area contributed by atoms with E-state index < -0.39 is 5.97 Å². The van der Waals surface area contributed by atoms with Crippen molar-refractivity contribution in [2.45, 2.75) is 31.7 Å². The molecule has 6 heteroatoms. The number of thiazole rings is 1. The number of carbonyl (C=O) groups is 1. The second-order valence-corrected chi connectivity index (χ2v) is 7.48. The van der Waals surface area contributed by atoms with Gasteiger partial charge in [-0.05, 0) is 50.6 Å². The predicted octanol–water partition coefficient (Wildman–Crippen LogP) is 3.06. The van der Waals surface area contributed by atoms with Crippen LogP contribution in [-0.2, 0) is 0 Å². The van der Waals surface area contributed by atoms with Crippen LogP contribution in [0.25, 0.3) is 10.2 Å². The molecule has 0 amide bonds. The quantitative estimate of drug-likeness (QED) is 0.937. The van der Waals surface area contributed by atoms with Crippen LogP contribution in [0.1, 0.15) is 36.0 Å². The largest absolute Gasteiger partial charge is 0.478 e. The van der Waals surface area contributed by atoms with Crippen LogP contribution < -0.4 is 4.90 Å². The minimum atomic E-state index is -0.881. The van der Waals surface area contributed by atoms with Gasteiger partial charge in [0.25, 0.3) is 0 Å². The number of carboxylic acid groups (broad SMARTS) is 1. The molecule has 1 aromatic carbocycles. The minimum absolute atomic E-state index is 0.334. The molecule has 0 radical (unpaired) electrons. The Labute approximate surface area is 139 Å². The third kappa shape index (κ3) is 2.93. The Morgan fingerprint density at radius 3 is 2.83 bits per heavy atom. The zero-order valence-corrected chi connectivity index (χ0v) is 13.9. The van der Waals surface area contributed by atoms with Gasteiger partial charge in [-0.25, -0.2) is 9.78 Å². The summed E-state index contributed by atoms with van der Waals surface area (Å²) in [4.78, 5) is 20.8. The molecule has 3 heterocycles. The van der Waals surface area contributed by atoms with E-state index in [1.54, 1.807) is 23.5 Å². The molecule has 2 aromatic rings. The highest BCUT2D eigenvalue weighted by Gasteiger charge is 2.29. The van der Waals surface area contributed by atoms with Crippen LogP contribution in [0.2, 0.25) is 0 Å². The Bertz CT molecular complexity index is 724. The highest BCUT2D eigenvalue weighted by molar-refractivity contribution is 7.22. The molecule has 0 unspecified atom stereocenters. The maximum Gasteiger partial charge on any atom is 0.335 e. The lowest BCUT2D eigenvalue weighted by atomic mass is 10.1. The number of aromatic nitrogens is 1. The molecule has 1 atom stereocenters.